The average Bonchev–Trinajstić information content (AvgIpc) is 2.52. The van der Waals surface area contributed by atoms with E-state index in [-0.39, 0.29) is 12.4 Å². The van der Waals surface area contributed by atoms with Crippen LogP contribution in [0.3, 0.4) is 0 Å². The molecule has 0 spiro atoms. The van der Waals surface area contributed by atoms with Crippen LogP contribution < -0.4 is 9.47 Å². The first-order valence-corrected chi connectivity index (χ1v) is 7.79. The first-order chi connectivity index (χ1) is 11.0. The molecular formula is C17H13BrClFO3. The van der Waals surface area contributed by atoms with Gasteiger partial charge in [0.05, 0.1) is 11.6 Å². The van der Waals surface area contributed by atoms with Crippen LogP contribution in [0.2, 0.25) is 0 Å². The van der Waals surface area contributed by atoms with Crippen LogP contribution in [0.1, 0.15) is 11.1 Å². The van der Waals surface area contributed by atoms with E-state index in [1.54, 1.807) is 36.4 Å². The summed E-state index contributed by atoms with van der Waals surface area (Å²) in [6.07, 6.45) is 2.80. The van der Waals surface area contributed by atoms with Crippen molar-refractivity contribution in [2.24, 2.45) is 0 Å². The van der Waals surface area contributed by atoms with Crippen molar-refractivity contribution in [1.29, 1.82) is 0 Å². The summed E-state index contributed by atoms with van der Waals surface area (Å²) in [5, 5.41) is -0.569. The van der Waals surface area contributed by atoms with Crippen molar-refractivity contribution in [2.45, 2.75) is 6.61 Å². The van der Waals surface area contributed by atoms with Crippen LogP contribution in [-0.4, -0.2) is 12.4 Å². The Hall–Kier alpha value is -1.85. The second-order valence-electron chi connectivity index (χ2n) is 4.55. The Kier molecular flexibility index (Phi) is 6.19. The molecule has 3 nitrogen and oxygen atoms in total. The Morgan fingerprint density at radius 3 is 2.74 bits per heavy atom. The molecule has 0 fully saturated rings. The molecule has 2 rings (SSSR count). The normalized spacial score (nSPS) is 10.8. The summed E-state index contributed by atoms with van der Waals surface area (Å²) in [6, 6.07) is 9.83. The molecule has 0 aliphatic carbocycles. The maximum absolute atomic E-state index is 13.6. The molecule has 0 atom stereocenters. The highest BCUT2D eigenvalue weighted by Gasteiger charge is 2.12. The van der Waals surface area contributed by atoms with E-state index in [4.69, 9.17) is 21.1 Å². The zero-order valence-electron chi connectivity index (χ0n) is 12.2. The van der Waals surface area contributed by atoms with E-state index in [0.717, 1.165) is 0 Å². The summed E-state index contributed by atoms with van der Waals surface area (Å²) in [7, 11) is 1.50. The van der Waals surface area contributed by atoms with E-state index in [9.17, 15) is 9.18 Å². The van der Waals surface area contributed by atoms with Gasteiger partial charge in [-0.2, -0.15) is 0 Å². The van der Waals surface area contributed by atoms with Crippen LogP contribution in [0.15, 0.2) is 46.9 Å². The molecule has 0 amide bonds. The third-order valence-electron chi connectivity index (χ3n) is 2.99. The number of carbonyl (C=O) groups is 1. The fourth-order valence-corrected chi connectivity index (χ4v) is 2.54. The van der Waals surface area contributed by atoms with Crippen molar-refractivity contribution in [1.82, 2.24) is 0 Å². The highest BCUT2D eigenvalue weighted by molar-refractivity contribution is 9.10. The summed E-state index contributed by atoms with van der Waals surface area (Å²) >= 11 is 8.66. The van der Waals surface area contributed by atoms with E-state index < -0.39 is 5.24 Å². The molecule has 0 aliphatic rings. The van der Waals surface area contributed by atoms with Gasteiger partial charge < -0.3 is 9.47 Å². The molecule has 0 radical (unpaired) electrons. The van der Waals surface area contributed by atoms with Crippen LogP contribution in [-0.2, 0) is 11.4 Å². The maximum Gasteiger partial charge on any atom is 0.245 e. The van der Waals surface area contributed by atoms with Crippen molar-refractivity contribution in [3.05, 3.63) is 63.9 Å². The van der Waals surface area contributed by atoms with Gasteiger partial charge in [-0.3, -0.25) is 4.79 Å². The molecule has 0 saturated heterocycles. The number of allylic oxidation sites excluding steroid dienone is 1. The molecule has 0 bridgehead atoms. The molecule has 0 heterocycles. The average molecular weight is 400 g/mol. The van der Waals surface area contributed by atoms with Gasteiger partial charge in [-0.15, -0.1) is 0 Å². The lowest BCUT2D eigenvalue weighted by Gasteiger charge is -2.14. The van der Waals surface area contributed by atoms with Crippen LogP contribution in [0.4, 0.5) is 4.39 Å². The Balaban J connectivity index is 2.24. The molecule has 0 aromatic heterocycles. The number of rotatable bonds is 6. The molecule has 23 heavy (non-hydrogen) atoms. The summed E-state index contributed by atoms with van der Waals surface area (Å²) in [5.74, 6) is 0.574. The predicted molar refractivity (Wildman–Crippen MR) is 91.3 cm³/mol. The lowest BCUT2D eigenvalue weighted by molar-refractivity contribution is -0.107. The van der Waals surface area contributed by atoms with E-state index in [2.05, 4.69) is 15.9 Å². The summed E-state index contributed by atoms with van der Waals surface area (Å²) in [5.41, 5.74) is 1.15. The molecule has 2 aromatic carbocycles. The largest absolute Gasteiger partial charge is 0.493 e. The third kappa shape index (κ3) is 4.81. The zero-order valence-corrected chi connectivity index (χ0v) is 14.5. The quantitative estimate of drug-likeness (QED) is 0.509. The van der Waals surface area contributed by atoms with Gasteiger partial charge in [0.2, 0.25) is 5.24 Å². The van der Waals surface area contributed by atoms with Crippen LogP contribution in [0, 0.1) is 5.82 Å². The van der Waals surface area contributed by atoms with Crippen molar-refractivity contribution in [2.75, 3.05) is 7.11 Å². The summed E-state index contributed by atoms with van der Waals surface area (Å²) in [6.45, 7) is 0.0665. The first kappa shape index (κ1) is 17.5. The molecule has 120 valence electrons. The molecule has 2 aromatic rings. The molecule has 0 saturated carbocycles. The standard InChI is InChI=1S/C17H13BrClFO3/c1-22-15-9-11(6-7-16(19)21)8-13(18)17(15)23-10-12-4-2-3-5-14(12)20/h2-9H,10H2,1H3/b7-6+. The van der Waals surface area contributed by atoms with Gasteiger partial charge in [0.25, 0.3) is 0 Å². The van der Waals surface area contributed by atoms with Gasteiger partial charge >= 0.3 is 0 Å². The maximum atomic E-state index is 13.6. The van der Waals surface area contributed by atoms with Gasteiger partial charge in [-0.1, -0.05) is 18.2 Å². The van der Waals surface area contributed by atoms with E-state index >= 15 is 0 Å². The minimum Gasteiger partial charge on any atom is -0.493 e. The van der Waals surface area contributed by atoms with E-state index in [1.807, 2.05) is 0 Å². The van der Waals surface area contributed by atoms with Gasteiger partial charge in [-0.25, -0.2) is 4.39 Å². The second kappa shape index (κ2) is 8.13. The van der Waals surface area contributed by atoms with Gasteiger partial charge in [-0.05, 0) is 63.4 Å². The molecule has 0 N–H and O–H groups in total. The van der Waals surface area contributed by atoms with Crippen molar-refractivity contribution >= 4 is 38.8 Å². The molecule has 0 unspecified atom stereocenters. The van der Waals surface area contributed by atoms with Gasteiger partial charge in [0.15, 0.2) is 11.5 Å². The zero-order chi connectivity index (χ0) is 16.8. The highest BCUT2D eigenvalue weighted by atomic mass is 79.9. The van der Waals surface area contributed by atoms with Crippen LogP contribution in [0.5, 0.6) is 11.5 Å². The number of hydrogen-bond donors (Lipinski definition) is 0. The van der Waals surface area contributed by atoms with Crippen LogP contribution >= 0.6 is 27.5 Å². The number of halogens is 3. The Morgan fingerprint density at radius 1 is 1.35 bits per heavy atom. The van der Waals surface area contributed by atoms with Crippen molar-refractivity contribution in [3.8, 4) is 11.5 Å². The van der Waals surface area contributed by atoms with Gasteiger partial charge in [0, 0.05) is 5.56 Å². The number of ether oxygens (including phenoxy) is 2. The van der Waals surface area contributed by atoms with Crippen molar-refractivity contribution in [3.63, 3.8) is 0 Å². The molecule has 0 aliphatic heterocycles. The van der Waals surface area contributed by atoms with E-state index in [0.29, 0.717) is 27.1 Å². The lowest BCUT2D eigenvalue weighted by Crippen LogP contribution is -2.01. The van der Waals surface area contributed by atoms with Crippen molar-refractivity contribution < 1.29 is 18.7 Å². The van der Waals surface area contributed by atoms with Crippen LogP contribution in [0.25, 0.3) is 6.08 Å². The number of carbonyl (C=O) groups excluding carboxylic acids is 1. The smallest absolute Gasteiger partial charge is 0.245 e. The minimum absolute atomic E-state index is 0.0665. The SMILES string of the molecule is COc1cc(/C=C/C(=O)Cl)cc(Br)c1OCc1ccccc1F. The Bertz CT molecular complexity index is 747. The Morgan fingerprint density at radius 2 is 2.09 bits per heavy atom. The summed E-state index contributed by atoms with van der Waals surface area (Å²) in [4.78, 5) is 10.8. The lowest BCUT2D eigenvalue weighted by atomic mass is 10.2. The third-order valence-corrected chi connectivity index (χ3v) is 3.70. The number of benzene rings is 2. The minimum atomic E-state index is -0.569. The predicted octanol–water partition coefficient (Wildman–Crippen LogP) is 4.95. The highest BCUT2D eigenvalue weighted by Crippen LogP contribution is 2.37. The number of methoxy groups -OCH3 is 1. The summed E-state index contributed by atoms with van der Waals surface area (Å²) < 4.78 is 25.2. The van der Waals surface area contributed by atoms with E-state index in [1.165, 1.54) is 19.3 Å². The monoisotopic (exact) mass is 398 g/mol. The molecule has 6 heteroatoms. The Labute approximate surface area is 146 Å². The fourth-order valence-electron chi connectivity index (χ4n) is 1.90. The second-order valence-corrected chi connectivity index (χ2v) is 5.78. The first-order valence-electron chi connectivity index (χ1n) is 6.62. The topological polar surface area (TPSA) is 35.5 Å². The van der Waals surface area contributed by atoms with Gasteiger partial charge in [0.1, 0.15) is 12.4 Å². The fraction of sp³-hybridized carbons (Fsp3) is 0.118. The molecular weight excluding hydrogens is 387 g/mol. The number of hydrogen-bond acceptors (Lipinski definition) is 3.